The van der Waals surface area contributed by atoms with Gasteiger partial charge in [0.15, 0.2) is 11.7 Å². The second-order valence-corrected chi connectivity index (χ2v) is 7.14. The Morgan fingerprint density at radius 2 is 1.96 bits per heavy atom. The van der Waals surface area contributed by atoms with Crippen molar-refractivity contribution in [1.29, 1.82) is 0 Å². The average molecular weight is 375 g/mol. The van der Waals surface area contributed by atoms with Gasteiger partial charge in [0.25, 0.3) is 5.91 Å². The molecule has 1 amide bonds. The molecule has 130 valence electrons. The summed E-state index contributed by atoms with van der Waals surface area (Å²) >= 11 is 2.99. The van der Waals surface area contributed by atoms with Crippen LogP contribution in [0, 0.1) is 0 Å². The van der Waals surface area contributed by atoms with Gasteiger partial charge in [0.05, 0.1) is 24.2 Å². The number of ether oxygens (including phenoxy) is 2. The molecule has 0 radical (unpaired) electrons. The van der Waals surface area contributed by atoms with Crippen LogP contribution in [0.3, 0.4) is 0 Å². The van der Waals surface area contributed by atoms with Crippen LogP contribution in [0.5, 0.6) is 11.5 Å². The van der Waals surface area contributed by atoms with Crippen molar-refractivity contribution in [2.45, 2.75) is 6.54 Å². The molecule has 3 rings (SSSR count). The Morgan fingerprint density at radius 3 is 2.64 bits per heavy atom. The monoisotopic (exact) mass is 375 g/mol. The van der Waals surface area contributed by atoms with E-state index in [1.54, 1.807) is 42.7 Å². The first-order valence-electron chi connectivity index (χ1n) is 7.47. The molecule has 0 saturated heterocycles. The molecule has 2 heterocycles. The molecule has 3 N–H and O–H groups in total. The maximum absolute atomic E-state index is 11.9. The van der Waals surface area contributed by atoms with Crippen LogP contribution in [0.25, 0.3) is 10.6 Å². The topological polar surface area (TPSA) is 86.5 Å². The number of nitrogens with one attached hydrogen (secondary N) is 1. The summed E-state index contributed by atoms with van der Waals surface area (Å²) in [5.41, 5.74) is 6.52. The van der Waals surface area contributed by atoms with Crippen molar-refractivity contribution in [3.8, 4) is 22.1 Å². The molecule has 25 heavy (non-hydrogen) atoms. The molecule has 0 saturated carbocycles. The maximum atomic E-state index is 11.9. The number of nitrogen functional groups attached to an aromatic ring is 1. The van der Waals surface area contributed by atoms with Crippen LogP contribution < -0.4 is 20.5 Å². The Kier molecular flexibility index (Phi) is 5.52. The van der Waals surface area contributed by atoms with Gasteiger partial charge < -0.3 is 20.5 Å². The van der Waals surface area contributed by atoms with Crippen molar-refractivity contribution in [2.24, 2.45) is 0 Å². The number of carbonyl (C=O) groups excluding carboxylic acids is 1. The highest BCUT2D eigenvalue weighted by Gasteiger charge is 2.08. The molecule has 0 aliphatic rings. The third kappa shape index (κ3) is 4.71. The van der Waals surface area contributed by atoms with Crippen LogP contribution in [0.4, 0.5) is 5.13 Å². The summed E-state index contributed by atoms with van der Waals surface area (Å²) in [6.45, 7) is 0.419. The van der Waals surface area contributed by atoms with Crippen molar-refractivity contribution in [3.05, 3.63) is 46.7 Å². The molecule has 0 fully saturated rings. The first kappa shape index (κ1) is 17.2. The summed E-state index contributed by atoms with van der Waals surface area (Å²) in [6, 6.07) is 11.0. The standard InChI is InChI=1S/C17H17N3O3S2/c1-22-11-2-4-12(5-3-11)23-9-16(21)19-8-13-6-7-15(25-13)14-10-24-17(18)20-14/h2-7,10H,8-9H2,1H3,(H2,18,20)(H,19,21). The number of amides is 1. The van der Waals surface area contributed by atoms with E-state index in [0.29, 0.717) is 17.4 Å². The van der Waals surface area contributed by atoms with Gasteiger partial charge in [-0.1, -0.05) is 0 Å². The van der Waals surface area contributed by atoms with Crippen LogP contribution in [-0.4, -0.2) is 24.6 Å². The summed E-state index contributed by atoms with van der Waals surface area (Å²) in [5, 5.41) is 5.31. The van der Waals surface area contributed by atoms with E-state index in [-0.39, 0.29) is 12.5 Å². The molecule has 6 nitrogen and oxygen atoms in total. The predicted octanol–water partition coefficient (Wildman–Crippen LogP) is 3.16. The van der Waals surface area contributed by atoms with E-state index in [4.69, 9.17) is 15.2 Å². The van der Waals surface area contributed by atoms with Gasteiger partial charge in [-0.25, -0.2) is 4.98 Å². The zero-order valence-corrected chi connectivity index (χ0v) is 15.2. The van der Waals surface area contributed by atoms with Crippen LogP contribution in [-0.2, 0) is 11.3 Å². The largest absolute Gasteiger partial charge is 0.497 e. The van der Waals surface area contributed by atoms with Gasteiger partial charge in [-0.05, 0) is 36.4 Å². The van der Waals surface area contributed by atoms with Crippen molar-refractivity contribution in [2.75, 3.05) is 19.5 Å². The van der Waals surface area contributed by atoms with Crippen LogP contribution >= 0.6 is 22.7 Å². The van der Waals surface area contributed by atoms with E-state index >= 15 is 0 Å². The lowest BCUT2D eigenvalue weighted by Crippen LogP contribution is -2.28. The number of hydrogen-bond donors (Lipinski definition) is 2. The van der Waals surface area contributed by atoms with Crippen molar-refractivity contribution in [1.82, 2.24) is 10.3 Å². The summed E-state index contributed by atoms with van der Waals surface area (Å²) in [5.74, 6) is 1.19. The minimum absolute atomic E-state index is 0.0345. The number of anilines is 1. The van der Waals surface area contributed by atoms with Gasteiger partial charge in [0.2, 0.25) is 0 Å². The second-order valence-electron chi connectivity index (χ2n) is 5.08. The summed E-state index contributed by atoms with van der Waals surface area (Å²) in [6.07, 6.45) is 0. The van der Waals surface area contributed by atoms with E-state index in [1.807, 2.05) is 17.5 Å². The molecule has 0 aliphatic heterocycles. The van der Waals surface area contributed by atoms with E-state index < -0.39 is 0 Å². The number of methoxy groups -OCH3 is 1. The quantitative estimate of drug-likeness (QED) is 0.662. The lowest BCUT2D eigenvalue weighted by Gasteiger charge is -2.07. The number of nitrogens with two attached hydrogens (primary N) is 1. The SMILES string of the molecule is COc1ccc(OCC(=O)NCc2ccc(-c3csc(N)n3)s2)cc1. The fourth-order valence-corrected chi connectivity index (χ4v) is 3.61. The Morgan fingerprint density at radius 1 is 1.20 bits per heavy atom. The number of rotatable bonds is 7. The molecule has 2 aromatic heterocycles. The Labute approximate surface area is 153 Å². The first-order chi connectivity index (χ1) is 12.1. The Balaban J connectivity index is 1.46. The lowest BCUT2D eigenvalue weighted by atomic mass is 10.3. The molecule has 0 spiro atoms. The maximum Gasteiger partial charge on any atom is 0.258 e. The highest BCUT2D eigenvalue weighted by molar-refractivity contribution is 7.16. The summed E-state index contributed by atoms with van der Waals surface area (Å²) in [4.78, 5) is 18.2. The number of hydrogen-bond acceptors (Lipinski definition) is 7. The highest BCUT2D eigenvalue weighted by Crippen LogP contribution is 2.29. The van der Waals surface area contributed by atoms with E-state index in [2.05, 4.69) is 10.3 Å². The number of thiazole rings is 1. The molecule has 0 atom stereocenters. The fraction of sp³-hybridized carbons (Fsp3) is 0.176. The normalized spacial score (nSPS) is 10.4. The zero-order valence-electron chi connectivity index (χ0n) is 13.5. The predicted molar refractivity (Wildman–Crippen MR) is 100 cm³/mol. The lowest BCUT2D eigenvalue weighted by molar-refractivity contribution is -0.123. The van der Waals surface area contributed by atoms with Gasteiger partial charge in [0.1, 0.15) is 11.5 Å². The van der Waals surface area contributed by atoms with Crippen molar-refractivity contribution < 1.29 is 14.3 Å². The molecule has 1 aromatic carbocycles. The number of aromatic nitrogens is 1. The van der Waals surface area contributed by atoms with Crippen LogP contribution in [0.2, 0.25) is 0 Å². The molecule has 0 unspecified atom stereocenters. The fourth-order valence-electron chi connectivity index (χ4n) is 2.07. The van der Waals surface area contributed by atoms with E-state index in [0.717, 1.165) is 21.2 Å². The molecule has 8 heteroatoms. The molecule has 3 aromatic rings. The van der Waals surface area contributed by atoms with Gasteiger partial charge in [-0.15, -0.1) is 22.7 Å². The first-order valence-corrected chi connectivity index (χ1v) is 9.17. The zero-order chi connectivity index (χ0) is 17.6. The van der Waals surface area contributed by atoms with E-state index in [1.165, 1.54) is 11.3 Å². The van der Waals surface area contributed by atoms with Gasteiger partial charge in [0, 0.05) is 10.3 Å². The minimum atomic E-state index is -0.177. The van der Waals surface area contributed by atoms with E-state index in [9.17, 15) is 4.79 Å². The second kappa shape index (κ2) is 8.00. The third-order valence-corrected chi connectivity index (χ3v) is 5.11. The van der Waals surface area contributed by atoms with Gasteiger partial charge >= 0.3 is 0 Å². The smallest absolute Gasteiger partial charge is 0.258 e. The van der Waals surface area contributed by atoms with Gasteiger partial charge in [-0.2, -0.15) is 0 Å². The van der Waals surface area contributed by atoms with Gasteiger partial charge in [-0.3, -0.25) is 4.79 Å². The Hall–Kier alpha value is -2.58. The summed E-state index contributed by atoms with van der Waals surface area (Å²) < 4.78 is 10.5. The Bertz CT molecular complexity index is 843. The number of carbonyl (C=O) groups is 1. The molecule has 0 bridgehead atoms. The molecular weight excluding hydrogens is 358 g/mol. The number of benzene rings is 1. The molecular formula is C17H17N3O3S2. The van der Waals surface area contributed by atoms with Crippen molar-refractivity contribution >= 4 is 33.7 Å². The van der Waals surface area contributed by atoms with Crippen LogP contribution in [0.1, 0.15) is 4.88 Å². The third-order valence-electron chi connectivity index (χ3n) is 3.33. The highest BCUT2D eigenvalue weighted by atomic mass is 32.1. The van der Waals surface area contributed by atoms with Crippen LogP contribution in [0.15, 0.2) is 41.8 Å². The summed E-state index contributed by atoms with van der Waals surface area (Å²) in [7, 11) is 1.60. The van der Waals surface area contributed by atoms with Crippen molar-refractivity contribution in [3.63, 3.8) is 0 Å². The minimum Gasteiger partial charge on any atom is -0.497 e. The number of thiophene rings is 1. The molecule has 0 aliphatic carbocycles. The average Bonchev–Trinajstić information content (AvgIpc) is 3.27. The number of nitrogens with zero attached hydrogens (tertiary/aromatic N) is 1.